The molecule has 1 aromatic carbocycles. The van der Waals surface area contributed by atoms with E-state index in [1.165, 1.54) is 4.31 Å². The number of nitrogens with one attached hydrogen (secondary N) is 1. The Morgan fingerprint density at radius 3 is 2.64 bits per heavy atom. The molecular weight excluding hydrogens is 304 g/mol. The van der Waals surface area contributed by atoms with E-state index in [4.69, 9.17) is 4.74 Å². The third-order valence-corrected chi connectivity index (χ3v) is 5.35. The molecule has 0 saturated carbocycles. The first-order chi connectivity index (χ1) is 10.5. The van der Waals surface area contributed by atoms with Gasteiger partial charge < -0.3 is 10.1 Å². The molecule has 6 nitrogen and oxygen atoms in total. The monoisotopic (exact) mass is 324 g/mol. The molecule has 7 heteroatoms. The largest absolute Gasteiger partial charge is 0.497 e. The highest BCUT2D eigenvalue weighted by Gasteiger charge is 2.34. The zero-order valence-corrected chi connectivity index (χ0v) is 13.5. The molecule has 0 aliphatic carbocycles. The summed E-state index contributed by atoms with van der Waals surface area (Å²) in [7, 11) is -1.80. The number of rotatable bonds is 6. The van der Waals surface area contributed by atoms with E-state index >= 15 is 0 Å². The van der Waals surface area contributed by atoms with Gasteiger partial charge in [0.1, 0.15) is 11.8 Å². The second kappa shape index (κ2) is 6.93. The zero-order valence-electron chi connectivity index (χ0n) is 12.7. The fourth-order valence-electron chi connectivity index (χ4n) is 2.21. The number of hydrogen-bond acceptors (Lipinski definition) is 4. The minimum atomic E-state index is -3.39. The predicted molar refractivity (Wildman–Crippen MR) is 83.9 cm³/mol. The summed E-state index contributed by atoms with van der Waals surface area (Å²) < 4.78 is 30.2. The minimum absolute atomic E-state index is 0.0169. The van der Waals surface area contributed by atoms with Gasteiger partial charge in [0.15, 0.2) is 0 Å². The highest BCUT2D eigenvalue weighted by Crippen LogP contribution is 2.16. The molecule has 1 heterocycles. The summed E-state index contributed by atoms with van der Waals surface area (Å²) >= 11 is 0. The average Bonchev–Trinajstić information content (AvgIpc) is 3.03. The SMILES string of the molecule is CCS(=O)(=O)N1CC=C[C@H]1C(=O)NCc1ccc(OC)cc1. The number of ether oxygens (including phenoxy) is 1. The van der Waals surface area contributed by atoms with Crippen molar-refractivity contribution in [1.82, 2.24) is 9.62 Å². The molecular formula is C15H20N2O4S. The van der Waals surface area contributed by atoms with Crippen molar-refractivity contribution in [3.63, 3.8) is 0 Å². The van der Waals surface area contributed by atoms with Crippen molar-refractivity contribution in [2.75, 3.05) is 19.4 Å². The third kappa shape index (κ3) is 3.66. The summed E-state index contributed by atoms with van der Waals surface area (Å²) in [6.07, 6.45) is 3.32. The number of benzene rings is 1. The van der Waals surface area contributed by atoms with E-state index in [9.17, 15) is 13.2 Å². The normalized spacial score (nSPS) is 18.4. The molecule has 0 unspecified atom stereocenters. The van der Waals surface area contributed by atoms with Gasteiger partial charge in [0.2, 0.25) is 15.9 Å². The number of sulfonamides is 1. The molecule has 120 valence electrons. The van der Waals surface area contributed by atoms with Crippen LogP contribution >= 0.6 is 0 Å². The fraction of sp³-hybridized carbons (Fsp3) is 0.400. The van der Waals surface area contributed by atoms with E-state index in [1.807, 2.05) is 24.3 Å². The number of nitrogens with zero attached hydrogens (tertiary/aromatic N) is 1. The first-order valence-corrected chi connectivity index (χ1v) is 8.65. The molecule has 0 fully saturated rings. The smallest absolute Gasteiger partial charge is 0.242 e. The van der Waals surface area contributed by atoms with Crippen LogP contribution in [0.1, 0.15) is 12.5 Å². The van der Waals surface area contributed by atoms with Crippen LogP contribution in [0.3, 0.4) is 0 Å². The highest BCUT2D eigenvalue weighted by atomic mass is 32.2. The maximum Gasteiger partial charge on any atom is 0.242 e. The van der Waals surface area contributed by atoms with E-state index in [1.54, 1.807) is 26.2 Å². The molecule has 2 rings (SSSR count). The Morgan fingerprint density at radius 2 is 2.05 bits per heavy atom. The van der Waals surface area contributed by atoms with E-state index in [0.29, 0.717) is 6.54 Å². The van der Waals surface area contributed by atoms with Crippen LogP contribution in [0, 0.1) is 0 Å². The van der Waals surface area contributed by atoms with E-state index < -0.39 is 16.1 Å². The van der Waals surface area contributed by atoms with Crippen molar-refractivity contribution in [3.8, 4) is 5.75 Å². The summed E-state index contributed by atoms with van der Waals surface area (Å²) in [6.45, 7) is 2.16. The summed E-state index contributed by atoms with van der Waals surface area (Å²) in [5.74, 6) is 0.410. The van der Waals surface area contributed by atoms with Gasteiger partial charge in [-0.1, -0.05) is 24.3 Å². The van der Waals surface area contributed by atoms with Crippen molar-refractivity contribution >= 4 is 15.9 Å². The van der Waals surface area contributed by atoms with Crippen LogP contribution in [0.2, 0.25) is 0 Å². The maximum atomic E-state index is 12.2. The Bertz CT molecular complexity index is 653. The molecule has 1 atom stereocenters. The van der Waals surface area contributed by atoms with Gasteiger partial charge in [0, 0.05) is 13.1 Å². The molecule has 1 amide bonds. The first kappa shape index (κ1) is 16.5. The molecule has 1 aromatic rings. The third-order valence-electron chi connectivity index (χ3n) is 3.53. The molecule has 1 aliphatic rings. The molecule has 1 aliphatic heterocycles. The van der Waals surface area contributed by atoms with Crippen LogP contribution in [0.5, 0.6) is 5.75 Å². The summed E-state index contributed by atoms with van der Waals surface area (Å²) in [6, 6.07) is 6.56. The number of carbonyl (C=O) groups is 1. The Labute approximate surface area is 130 Å². The number of methoxy groups -OCH3 is 1. The molecule has 22 heavy (non-hydrogen) atoms. The number of carbonyl (C=O) groups excluding carboxylic acids is 1. The van der Waals surface area contributed by atoms with Crippen LogP contribution in [0.25, 0.3) is 0 Å². The van der Waals surface area contributed by atoms with Gasteiger partial charge in [0.05, 0.1) is 12.9 Å². The zero-order chi connectivity index (χ0) is 16.2. The Balaban J connectivity index is 1.98. The number of hydrogen-bond donors (Lipinski definition) is 1. The van der Waals surface area contributed by atoms with Crippen molar-refractivity contribution in [1.29, 1.82) is 0 Å². The predicted octanol–water partition coefficient (Wildman–Crippen LogP) is 0.901. The van der Waals surface area contributed by atoms with Crippen LogP contribution in [0.4, 0.5) is 0 Å². The van der Waals surface area contributed by atoms with Gasteiger partial charge in [-0.05, 0) is 24.6 Å². The lowest BCUT2D eigenvalue weighted by Gasteiger charge is -2.22. The Morgan fingerprint density at radius 1 is 1.36 bits per heavy atom. The lowest BCUT2D eigenvalue weighted by Crippen LogP contribution is -2.46. The average molecular weight is 324 g/mol. The summed E-state index contributed by atoms with van der Waals surface area (Å²) in [5, 5.41) is 2.77. The molecule has 1 N–H and O–H groups in total. The molecule has 0 bridgehead atoms. The summed E-state index contributed by atoms with van der Waals surface area (Å²) in [4.78, 5) is 12.2. The topological polar surface area (TPSA) is 75.7 Å². The van der Waals surface area contributed by atoms with Crippen LogP contribution in [-0.2, 0) is 21.4 Å². The van der Waals surface area contributed by atoms with Crippen LogP contribution in [-0.4, -0.2) is 44.1 Å². The Kier molecular flexibility index (Phi) is 5.20. The van der Waals surface area contributed by atoms with E-state index in [2.05, 4.69) is 5.32 Å². The first-order valence-electron chi connectivity index (χ1n) is 7.04. The van der Waals surface area contributed by atoms with Crippen LogP contribution < -0.4 is 10.1 Å². The van der Waals surface area contributed by atoms with Gasteiger partial charge in [-0.3, -0.25) is 4.79 Å². The van der Waals surface area contributed by atoms with Gasteiger partial charge in [-0.2, -0.15) is 4.31 Å². The lowest BCUT2D eigenvalue weighted by atomic mass is 10.2. The fourth-order valence-corrected chi connectivity index (χ4v) is 3.37. The minimum Gasteiger partial charge on any atom is -0.497 e. The summed E-state index contributed by atoms with van der Waals surface area (Å²) in [5.41, 5.74) is 0.918. The quantitative estimate of drug-likeness (QED) is 0.789. The molecule has 0 aromatic heterocycles. The van der Waals surface area contributed by atoms with Crippen molar-refractivity contribution < 1.29 is 17.9 Å². The number of amides is 1. The van der Waals surface area contributed by atoms with E-state index in [0.717, 1.165) is 11.3 Å². The standard InChI is InChI=1S/C15H20N2O4S/c1-3-22(19,20)17-10-4-5-14(17)15(18)16-11-12-6-8-13(21-2)9-7-12/h4-9,14H,3,10-11H2,1-2H3,(H,16,18)/t14-/m0/s1. The highest BCUT2D eigenvalue weighted by molar-refractivity contribution is 7.89. The van der Waals surface area contributed by atoms with Crippen molar-refractivity contribution in [2.45, 2.75) is 19.5 Å². The van der Waals surface area contributed by atoms with Crippen LogP contribution in [0.15, 0.2) is 36.4 Å². The molecule has 0 saturated heterocycles. The van der Waals surface area contributed by atoms with Crippen molar-refractivity contribution in [2.24, 2.45) is 0 Å². The molecule has 0 radical (unpaired) electrons. The van der Waals surface area contributed by atoms with Gasteiger partial charge in [-0.25, -0.2) is 8.42 Å². The molecule has 0 spiro atoms. The lowest BCUT2D eigenvalue weighted by molar-refractivity contribution is -0.123. The maximum absolute atomic E-state index is 12.2. The van der Waals surface area contributed by atoms with E-state index in [-0.39, 0.29) is 18.2 Å². The van der Waals surface area contributed by atoms with Gasteiger partial charge in [-0.15, -0.1) is 0 Å². The Hall–Kier alpha value is -1.86. The van der Waals surface area contributed by atoms with Crippen molar-refractivity contribution in [3.05, 3.63) is 42.0 Å². The van der Waals surface area contributed by atoms with Gasteiger partial charge >= 0.3 is 0 Å². The van der Waals surface area contributed by atoms with Gasteiger partial charge in [0.25, 0.3) is 0 Å². The second-order valence-corrected chi connectivity index (χ2v) is 7.12. The second-order valence-electron chi connectivity index (χ2n) is 4.91.